The van der Waals surface area contributed by atoms with E-state index in [9.17, 15) is 0 Å². The Morgan fingerprint density at radius 2 is 2.25 bits per heavy atom. The van der Waals surface area contributed by atoms with E-state index in [2.05, 4.69) is 4.89 Å². The zero-order valence-electron chi connectivity index (χ0n) is 4.96. The molecule has 0 radical (unpaired) electrons. The summed E-state index contributed by atoms with van der Waals surface area (Å²) in [5.41, 5.74) is 0. The molecule has 0 aliphatic carbocycles. The topological polar surface area (TPSA) is 49.7 Å². The van der Waals surface area contributed by atoms with Crippen molar-refractivity contribution >= 4 is 0 Å². The molecule has 0 bridgehead atoms. The lowest BCUT2D eigenvalue weighted by molar-refractivity contribution is -0.261. The summed E-state index contributed by atoms with van der Waals surface area (Å²) < 4.78 is 0. The number of aliphatic hydroxyl groups is 1. The van der Waals surface area contributed by atoms with Crippen LogP contribution in [0.25, 0.3) is 0 Å². The predicted octanol–water partition coefficient (Wildman–Crippen LogP) is 1.33. The molecule has 0 rings (SSSR count). The van der Waals surface area contributed by atoms with E-state index in [0.717, 1.165) is 0 Å². The molecule has 0 spiro atoms. The second-order valence-corrected chi connectivity index (χ2v) is 1.62. The number of hydrogen-bond donors (Lipinski definition) is 2. The van der Waals surface area contributed by atoms with Gasteiger partial charge in [0.05, 0.1) is 5.76 Å². The molecule has 0 aromatic heterocycles. The molecule has 8 heavy (non-hydrogen) atoms. The summed E-state index contributed by atoms with van der Waals surface area (Å²) >= 11 is 0. The van der Waals surface area contributed by atoms with Crippen molar-refractivity contribution in [2.75, 3.05) is 0 Å². The lowest BCUT2D eigenvalue weighted by Crippen LogP contribution is -2.00. The highest BCUT2D eigenvalue weighted by atomic mass is 17.1. The van der Waals surface area contributed by atoms with Crippen LogP contribution in [0.15, 0.2) is 11.8 Å². The van der Waals surface area contributed by atoms with Gasteiger partial charge in [-0.15, -0.1) is 0 Å². The van der Waals surface area contributed by atoms with Gasteiger partial charge in [0.25, 0.3) is 0 Å². The molecule has 0 aromatic carbocycles. The van der Waals surface area contributed by atoms with E-state index in [-0.39, 0.29) is 5.76 Å². The molecule has 48 valence electrons. The summed E-state index contributed by atoms with van der Waals surface area (Å²) in [5, 5.41) is 16.5. The van der Waals surface area contributed by atoms with Crippen LogP contribution in [0.3, 0.4) is 0 Å². The van der Waals surface area contributed by atoms with Gasteiger partial charge < -0.3 is 5.11 Å². The van der Waals surface area contributed by atoms with E-state index in [0.29, 0.717) is 0 Å². The minimum atomic E-state index is -0.431. The number of allylic oxidation sites excluding steroid dienone is 1. The molecule has 1 unspecified atom stereocenters. The van der Waals surface area contributed by atoms with Crippen molar-refractivity contribution in [1.29, 1.82) is 0 Å². The van der Waals surface area contributed by atoms with Gasteiger partial charge in [-0.05, 0) is 19.9 Å². The van der Waals surface area contributed by atoms with Gasteiger partial charge in [0, 0.05) is 0 Å². The largest absolute Gasteiger partial charge is 0.513 e. The van der Waals surface area contributed by atoms with Crippen molar-refractivity contribution in [1.82, 2.24) is 0 Å². The maximum absolute atomic E-state index is 8.52. The van der Waals surface area contributed by atoms with Crippen molar-refractivity contribution in [2.24, 2.45) is 0 Å². The number of aliphatic hydroxyl groups excluding tert-OH is 1. The molecule has 0 heterocycles. The van der Waals surface area contributed by atoms with Gasteiger partial charge in [-0.3, -0.25) is 5.26 Å². The normalized spacial score (nSPS) is 16.1. The van der Waals surface area contributed by atoms with E-state index in [1.54, 1.807) is 6.92 Å². The predicted molar refractivity (Wildman–Crippen MR) is 29.6 cm³/mol. The second-order valence-electron chi connectivity index (χ2n) is 1.62. The molecule has 0 saturated heterocycles. The zero-order valence-corrected chi connectivity index (χ0v) is 4.96. The Kier molecular flexibility index (Phi) is 3.23. The van der Waals surface area contributed by atoms with Crippen LogP contribution < -0.4 is 0 Å². The van der Waals surface area contributed by atoms with E-state index in [1.165, 1.54) is 13.0 Å². The van der Waals surface area contributed by atoms with E-state index < -0.39 is 6.10 Å². The highest BCUT2D eigenvalue weighted by molar-refractivity contribution is 4.90. The zero-order chi connectivity index (χ0) is 6.57. The first-order valence-corrected chi connectivity index (χ1v) is 2.34. The standard InChI is InChI=1S/C5H10O3/c1-4(6)3-5(2)8-7/h3,5-7H,1-2H3. The maximum atomic E-state index is 8.52. The average Bonchev–Trinajstić information content (AvgIpc) is 1.65. The molecule has 0 fully saturated rings. The van der Waals surface area contributed by atoms with Gasteiger partial charge in [-0.2, -0.15) is 0 Å². The van der Waals surface area contributed by atoms with Crippen LogP contribution in [0.2, 0.25) is 0 Å². The van der Waals surface area contributed by atoms with Gasteiger partial charge in [-0.25, -0.2) is 4.89 Å². The highest BCUT2D eigenvalue weighted by Gasteiger charge is 1.93. The molecule has 0 saturated carbocycles. The summed E-state index contributed by atoms with van der Waals surface area (Å²) in [6.07, 6.45) is 0.958. The Balaban J connectivity index is 3.51. The quantitative estimate of drug-likeness (QED) is 0.326. The molecule has 3 heteroatoms. The van der Waals surface area contributed by atoms with Gasteiger partial charge in [0.15, 0.2) is 0 Å². The first-order valence-electron chi connectivity index (χ1n) is 2.34. The summed E-state index contributed by atoms with van der Waals surface area (Å²) in [5.74, 6) is 0.145. The van der Waals surface area contributed by atoms with E-state index >= 15 is 0 Å². The lowest BCUT2D eigenvalue weighted by atomic mass is 10.3. The van der Waals surface area contributed by atoms with Crippen molar-refractivity contribution in [3.8, 4) is 0 Å². The average molecular weight is 118 g/mol. The Labute approximate surface area is 48.1 Å². The van der Waals surface area contributed by atoms with Crippen LogP contribution >= 0.6 is 0 Å². The molecular formula is C5H10O3. The fourth-order valence-corrected chi connectivity index (χ4v) is 0.370. The van der Waals surface area contributed by atoms with Crippen molar-refractivity contribution in [3.63, 3.8) is 0 Å². The Morgan fingerprint density at radius 1 is 1.75 bits per heavy atom. The maximum Gasteiger partial charge on any atom is 0.111 e. The van der Waals surface area contributed by atoms with Crippen LogP contribution in [0, 0.1) is 0 Å². The van der Waals surface area contributed by atoms with E-state index in [1.807, 2.05) is 0 Å². The summed E-state index contributed by atoms with van der Waals surface area (Å²) in [4.78, 5) is 3.82. The first kappa shape index (κ1) is 7.46. The summed E-state index contributed by atoms with van der Waals surface area (Å²) in [6.45, 7) is 3.12. The van der Waals surface area contributed by atoms with E-state index in [4.69, 9.17) is 10.4 Å². The molecule has 0 amide bonds. The van der Waals surface area contributed by atoms with Crippen molar-refractivity contribution in [2.45, 2.75) is 20.0 Å². The summed E-state index contributed by atoms with van der Waals surface area (Å²) in [7, 11) is 0. The third kappa shape index (κ3) is 3.64. The highest BCUT2D eigenvalue weighted by Crippen LogP contribution is 1.92. The second kappa shape index (κ2) is 3.46. The Morgan fingerprint density at radius 3 is 2.38 bits per heavy atom. The SMILES string of the molecule is CC(O)=CC(C)OO. The summed E-state index contributed by atoms with van der Waals surface area (Å²) in [6, 6.07) is 0. The third-order valence-electron chi connectivity index (χ3n) is 0.642. The molecular weight excluding hydrogens is 108 g/mol. The fraction of sp³-hybridized carbons (Fsp3) is 0.600. The first-order chi connectivity index (χ1) is 3.66. The fourth-order valence-electron chi connectivity index (χ4n) is 0.370. The molecule has 0 aliphatic rings. The van der Waals surface area contributed by atoms with Crippen LogP contribution in [0.1, 0.15) is 13.8 Å². The van der Waals surface area contributed by atoms with Gasteiger partial charge in [0.2, 0.25) is 0 Å². The van der Waals surface area contributed by atoms with Crippen LogP contribution in [0.5, 0.6) is 0 Å². The van der Waals surface area contributed by atoms with Crippen LogP contribution in [-0.2, 0) is 4.89 Å². The Bertz CT molecular complexity index is 83.7. The molecule has 2 N–H and O–H groups in total. The third-order valence-corrected chi connectivity index (χ3v) is 0.642. The van der Waals surface area contributed by atoms with Gasteiger partial charge in [-0.1, -0.05) is 0 Å². The monoisotopic (exact) mass is 118 g/mol. The smallest absolute Gasteiger partial charge is 0.111 e. The van der Waals surface area contributed by atoms with Gasteiger partial charge >= 0.3 is 0 Å². The molecule has 0 aromatic rings. The Hall–Kier alpha value is -0.540. The van der Waals surface area contributed by atoms with Crippen LogP contribution in [-0.4, -0.2) is 16.5 Å². The molecule has 0 aliphatic heterocycles. The van der Waals surface area contributed by atoms with Crippen molar-refractivity contribution in [3.05, 3.63) is 11.8 Å². The number of rotatable bonds is 2. The molecule has 3 nitrogen and oxygen atoms in total. The molecule has 1 atom stereocenters. The lowest BCUT2D eigenvalue weighted by Gasteiger charge is -1.98. The minimum Gasteiger partial charge on any atom is -0.513 e. The number of hydrogen-bond acceptors (Lipinski definition) is 3. The van der Waals surface area contributed by atoms with Crippen LogP contribution in [0.4, 0.5) is 0 Å². The van der Waals surface area contributed by atoms with Gasteiger partial charge in [0.1, 0.15) is 6.10 Å². The van der Waals surface area contributed by atoms with Crippen molar-refractivity contribution < 1.29 is 15.3 Å². The minimum absolute atomic E-state index is 0.145.